The third-order valence-corrected chi connectivity index (χ3v) is 4.77. The number of ether oxygens (including phenoxy) is 2. The van der Waals surface area contributed by atoms with Gasteiger partial charge in [-0.1, -0.05) is 38.3 Å². The van der Waals surface area contributed by atoms with Crippen LogP contribution in [-0.2, 0) is 16.1 Å². The fourth-order valence-corrected chi connectivity index (χ4v) is 3.04. The first-order chi connectivity index (χ1) is 15.3. The summed E-state index contributed by atoms with van der Waals surface area (Å²) in [5.41, 5.74) is -0.897. The Hall–Kier alpha value is -3.82. The van der Waals surface area contributed by atoms with Gasteiger partial charge in [0.25, 0.3) is 11.4 Å². The average Bonchev–Trinajstić information content (AvgIpc) is 2.77. The first-order valence-electron chi connectivity index (χ1n) is 10.1. The number of hydrogen-bond donors (Lipinski definition) is 0. The number of carbonyl (C=O) groups excluding carboxylic acids is 2. The number of carbonyl (C=O) groups is 2. The minimum atomic E-state index is -0.852. The maximum absolute atomic E-state index is 12.6. The number of rotatable bonds is 11. The van der Waals surface area contributed by atoms with Crippen molar-refractivity contribution in [1.29, 1.82) is 0 Å². The second-order valence-electron chi connectivity index (χ2n) is 7.09. The molecule has 0 aliphatic carbocycles. The summed E-state index contributed by atoms with van der Waals surface area (Å²) in [6, 6.07) is 8.20. The summed E-state index contributed by atoms with van der Waals surface area (Å²) in [6.07, 6.45) is 3.74. The van der Waals surface area contributed by atoms with Gasteiger partial charge in [-0.15, -0.1) is 0 Å². The smallest absolute Gasteiger partial charge is 0.339 e. The van der Waals surface area contributed by atoms with Crippen molar-refractivity contribution >= 4 is 23.3 Å². The highest BCUT2D eigenvalue weighted by Gasteiger charge is 2.24. The molecule has 10 nitrogen and oxygen atoms in total. The molecule has 0 saturated carbocycles. The molecule has 0 amide bonds. The van der Waals surface area contributed by atoms with E-state index in [0.29, 0.717) is 0 Å². The number of benzene rings is 2. The Morgan fingerprint density at radius 3 is 1.91 bits per heavy atom. The molecular formula is C22H24N2O8. The molecule has 0 radical (unpaired) electrons. The predicted molar refractivity (Wildman–Crippen MR) is 114 cm³/mol. The summed E-state index contributed by atoms with van der Waals surface area (Å²) >= 11 is 0. The number of nitro benzene ring substituents is 2. The average molecular weight is 444 g/mol. The summed E-state index contributed by atoms with van der Waals surface area (Å²) in [4.78, 5) is 45.9. The maximum atomic E-state index is 12.6. The van der Waals surface area contributed by atoms with E-state index in [2.05, 4.69) is 6.92 Å². The van der Waals surface area contributed by atoms with Crippen molar-refractivity contribution in [3.05, 3.63) is 78.9 Å². The molecule has 32 heavy (non-hydrogen) atoms. The maximum Gasteiger partial charge on any atom is 0.339 e. The molecule has 0 saturated heterocycles. The second kappa shape index (κ2) is 11.5. The second-order valence-corrected chi connectivity index (χ2v) is 7.09. The SMILES string of the molecule is CCCCCCOC(=O)c1ccccc1C(=O)OCc1cc([N+](=O)[O-])c(C)c([N+](=O)[O-])c1. The molecule has 0 N–H and O–H groups in total. The number of nitro groups is 2. The van der Waals surface area contributed by atoms with Crippen molar-refractivity contribution in [1.82, 2.24) is 0 Å². The van der Waals surface area contributed by atoms with E-state index >= 15 is 0 Å². The lowest BCUT2D eigenvalue weighted by Gasteiger charge is -2.10. The molecule has 0 unspecified atom stereocenters. The van der Waals surface area contributed by atoms with Crippen LogP contribution in [0, 0.1) is 27.2 Å². The molecule has 0 aromatic heterocycles. The molecule has 0 fully saturated rings. The zero-order chi connectivity index (χ0) is 23.7. The summed E-state index contributed by atoms with van der Waals surface area (Å²) in [7, 11) is 0. The van der Waals surface area contributed by atoms with Crippen LogP contribution in [0.3, 0.4) is 0 Å². The number of nitrogens with zero attached hydrogens (tertiary/aromatic N) is 2. The van der Waals surface area contributed by atoms with Gasteiger partial charge in [-0.2, -0.15) is 0 Å². The minimum absolute atomic E-state index is 0.0258. The van der Waals surface area contributed by atoms with Crippen LogP contribution < -0.4 is 0 Å². The van der Waals surface area contributed by atoms with Gasteiger partial charge in [0, 0.05) is 17.7 Å². The molecule has 0 bridgehead atoms. The van der Waals surface area contributed by atoms with Gasteiger partial charge in [-0.3, -0.25) is 20.2 Å². The zero-order valence-electron chi connectivity index (χ0n) is 17.9. The third-order valence-electron chi connectivity index (χ3n) is 4.77. The Kier molecular flexibility index (Phi) is 8.82. The number of unbranched alkanes of at least 4 members (excludes halogenated alkanes) is 3. The number of hydrogen-bond acceptors (Lipinski definition) is 8. The highest BCUT2D eigenvalue weighted by Crippen LogP contribution is 2.29. The van der Waals surface area contributed by atoms with Crippen molar-refractivity contribution in [2.45, 2.75) is 46.1 Å². The lowest BCUT2D eigenvalue weighted by atomic mass is 10.1. The van der Waals surface area contributed by atoms with Crippen LogP contribution in [0.15, 0.2) is 36.4 Å². The largest absolute Gasteiger partial charge is 0.462 e. The molecule has 10 heteroatoms. The van der Waals surface area contributed by atoms with Crippen LogP contribution >= 0.6 is 0 Å². The van der Waals surface area contributed by atoms with Gasteiger partial charge < -0.3 is 9.47 Å². The topological polar surface area (TPSA) is 139 Å². The molecule has 2 aromatic carbocycles. The normalized spacial score (nSPS) is 10.4. The monoisotopic (exact) mass is 444 g/mol. The fourth-order valence-electron chi connectivity index (χ4n) is 3.04. The van der Waals surface area contributed by atoms with E-state index in [0.717, 1.165) is 37.8 Å². The molecule has 2 aromatic rings. The Morgan fingerprint density at radius 2 is 1.41 bits per heavy atom. The molecule has 0 heterocycles. The summed E-state index contributed by atoms with van der Waals surface area (Å²) in [5, 5.41) is 22.4. The summed E-state index contributed by atoms with van der Waals surface area (Å²) < 4.78 is 10.4. The standard InChI is InChI=1S/C22H24N2O8/c1-3-4-5-8-11-31-21(25)17-9-6-7-10-18(17)22(26)32-14-16-12-19(23(27)28)15(2)20(13-16)24(29)30/h6-7,9-10,12-13H,3-5,8,11,14H2,1-2H3. The highest BCUT2D eigenvalue weighted by atomic mass is 16.6. The van der Waals surface area contributed by atoms with E-state index in [-0.39, 0.29) is 28.9 Å². The van der Waals surface area contributed by atoms with Crippen molar-refractivity contribution in [3.8, 4) is 0 Å². The van der Waals surface area contributed by atoms with E-state index < -0.39 is 39.8 Å². The van der Waals surface area contributed by atoms with Gasteiger partial charge >= 0.3 is 11.9 Å². The van der Waals surface area contributed by atoms with E-state index in [9.17, 15) is 29.8 Å². The van der Waals surface area contributed by atoms with E-state index in [1.165, 1.54) is 19.1 Å². The fraction of sp³-hybridized carbons (Fsp3) is 0.364. The molecule has 0 aliphatic heterocycles. The van der Waals surface area contributed by atoms with Gasteiger partial charge in [0.1, 0.15) is 12.2 Å². The van der Waals surface area contributed by atoms with Gasteiger partial charge in [0.05, 0.1) is 27.6 Å². The van der Waals surface area contributed by atoms with Crippen LogP contribution in [0.25, 0.3) is 0 Å². The van der Waals surface area contributed by atoms with Gasteiger partial charge in [0.2, 0.25) is 0 Å². The predicted octanol–water partition coefficient (Wildman–Crippen LogP) is 4.91. The van der Waals surface area contributed by atoms with E-state index in [4.69, 9.17) is 9.47 Å². The molecule has 170 valence electrons. The Morgan fingerprint density at radius 1 is 0.875 bits per heavy atom. The molecular weight excluding hydrogens is 420 g/mol. The molecule has 0 aliphatic rings. The van der Waals surface area contributed by atoms with E-state index in [1.54, 1.807) is 12.1 Å². The first kappa shape index (κ1) is 24.4. The van der Waals surface area contributed by atoms with Crippen LogP contribution in [0.2, 0.25) is 0 Å². The minimum Gasteiger partial charge on any atom is -0.462 e. The van der Waals surface area contributed by atoms with Crippen molar-refractivity contribution in [3.63, 3.8) is 0 Å². The highest BCUT2D eigenvalue weighted by molar-refractivity contribution is 6.03. The van der Waals surface area contributed by atoms with Gasteiger partial charge in [0.15, 0.2) is 0 Å². The summed E-state index contributed by atoms with van der Waals surface area (Å²) in [6.45, 7) is 3.14. The Bertz CT molecular complexity index is 984. The van der Waals surface area contributed by atoms with Crippen molar-refractivity contribution < 1.29 is 28.9 Å². The Balaban J connectivity index is 2.13. The lowest BCUT2D eigenvalue weighted by Crippen LogP contribution is -2.14. The van der Waals surface area contributed by atoms with Crippen molar-refractivity contribution in [2.75, 3.05) is 6.61 Å². The zero-order valence-corrected chi connectivity index (χ0v) is 17.9. The third kappa shape index (κ3) is 6.34. The molecule has 0 spiro atoms. The molecule has 0 atom stereocenters. The molecule has 2 rings (SSSR count). The van der Waals surface area contributed by atoms with Gasteiger partial charge in [-0.05, 0) is 25.5 Å². The van der Waals surface area contributed by atoms with Crippen LogP contribution in [0.4, 0.5) is 11.4 Å². The van der Waals surface area contributed by atoms with Gasteiger partial charge in [-0.25, -0.2) is 9.59 Å². The quantitative estimate of drug-likeness (QED) is 0.206. The number of esters is 2. The van der Waals surface area contributed by atoms with E-state index in [1.807, 2.05) is 0 Å². The van der Waals surface area contributed by atoms with Crippen molar-refractivity contribution in [2.24, 2.45) is 0 Å². The Labute approximate surface area is 184 Å². The first-order valence-corrected chi connectivity index (χ1v) is 10.1. The van der Waals surface area contributed by atoms with Crippen LogP contribution in [0.1, 0.15) is 64.4 Å². The van der Waals surface area contributed by atoms with Crippen LogP contribution in [-0.4, -0.2) is 28.4 Å². The lowest BCUT2D eigenvalue weighted by molar-refractivity contribution is -0.395. The summed E-state index contributed by atoms with van der Waals surface area (Å²) in [5.74, 6) is -1.51. The van der Waals surface area contributed by atoms with Crippen LogP contribution in [0.5, 0.6) is 0 Å².